The molecule has 1 heterocycles. The first-order valence-electron chi connectivity index (χ1n) is 7.60. The minimum atomic E-state index is -4.46. The molecule has 2 rings (SSSR count). The number of alkyl halides is 3. The van der Waals surface area contributed by atoms with Crippen LogP contribution >= 0.6 is 0 Å². The van der Waals surface area contributed by atoms with Crippen molar-refractivity contribution in [2.45, 2.75) is 18.4 Å². The lowest BCUT2D eigenvalue weighted by atomic mass is 10.0. The molecule has 1 fully saturated rings. The summed E-state index contributed by atoms with van der Waals surface area (Å²) in [4.78, 5) is 3.96. The first-order chi connectivity index (χ1) is 10.8. The van der Waals surface area contributed by atoms with Crippen LogP contribution in [-0.4, -0.2) is 67.9 Å². The summed E-state index contributed by atoms with van der Waals surface area (Å²) in [6.07, 6.45) is -5.63. The summed E-state index contributed by atoms with van der Waals surface area (Å²) in [5, 5.41) is 10.3. The van der Waals surface area contributed by atoms with Gasteiger partial charge >= 0.3 is 6.18 Å². The van der Waals surface area contributed by atoms with Crippen LogP contribution in [0.1, 0.15) is 17.2 Å². The Morgan fingerprint density at radius 1 is 1.35 bits per heavy atom. The zero-order chi connectivity index (χ0) is 17.0. The van der Waals surface area contributed by atoms with Crippen LogP contribution in [0.15, 0.2) is 24.3 Å². The Bertz CT molecular complexity index is 508. The minimum absolute atomic E-state index is 0.00353. The van der Waals surface area contributed by atoms with Crippen LogP contribution in [0.2, 0.25) is 0 Å². The van der Waals surface area contributed by atoms with Gasteiger partial charge in [0.25, 0.3) is 0 Å². The number of nitrogens with zero attached hydrogens (tertiary/aromatic N) is 2. The van der Waals surface area contributed by atoms with Crippen LogP contribution in [0.5, 0.6) is 0 Å². The molecule has 1 N–H and O–H groups in total. The van der Waals surface area contributed by atoms with E-state index in [1.807, 2.05) is 23.9 Å². The molecule has 0 saturated carbocycles. The molecule has 1 aliphatic heterocycles. The number of aliphatic hydroxyl groups excluding tert-OH is 1. The second-order valence-corrected chi connectivity index (χ2v) is 6.12. The fourth-order valence-electron chi connectivity index (χ4n) is 2.85. The molecule has 4 nitrogen and oxygen atoms in total. The summed E-state index contributed by atoms with van der Waals surface area (Å²) in [6, 6.07) is 5.20. The van der Waals surface area contributed by atoms with E-state index in [-0.39, 0.29) is 18.2 Å². The number of benzene rings is 1. The smallest absolute Gasteiger partial charge is 0.387 e. The molecule has 0 radical (unpaired) electrons. The van der Waals surface area contributed by atoms with Gasteiger partial charge in [-0.2, -0.15) is 13.2 Å². The average molecular weight is 332 g/mol. The highest BCUT2D eigenvalue weighted by atomic mass is 19.4. The van der Waals surface area contributed by atoms with Gasteiger partial charge in [0.15, 0.2) is 0 Å². The Balaban J connectivity index is 2.03. The summed E-state index contributed by atoms with van der Waals surface area (Å²) in [6.45, 7) is 2.64. The van der Waals surface area contributed by atoms with Gasteiger partial charge in [-0.3, -0.25) is 4.90 Å². The lowest BCUT2D eigenvalue weighted by Gasteiger charge is -2.35. The standard InChI is InChI=1S/C16H23F3N2O2/c1-20(2)9-12-10-21(7-8-23-12)11-15(22)13-5-3-4-6-14(13)16(17,18)19/h3-6,12,15,22H,7-11H2,1-2H3/t12-,15-/m0/s1. The molecule has 1 aromatic carbocycles. The highest BCUT2D eigenvalue weighted by molar-refractivity contribution is 5.31. The molecule has 7 heteroatoms. The summed E-state index contributed by atoms with van der Waals surface area (Å²) in [5.74, 6) is 0. The third kappa shape index (κ3) is 5.17. The van der Waals surface area contributed by atoms with Crippen LogP contribution in [-0.2, 0) is 10.9 Å². The van der Waals surface area contributed by atoms with Gasteiger partial charge in [-0.1, -0.05) is 18.2 Å². The molecule has 130 valence electrons. The van der Waals surface area contributed by atoms with Gasteiger partial charge in [0.05, 0.1) is 24.4 Å². The van der Waals surface area contributed by atoms with E-state index in [9.17, 15) is 18.3 Å². The Hall–Kier alpha value is -1.15. The van der Waals surface area contributed by atoms with Gasteiger partial charge in [-0.05, 0) is 25.7 Å². The highest BCUT2D eigenvalue weighted by Crippen LogP contribution is 2.34. The molecule has 0 unspecified atom stereocenters. The van der Waals surface area contributed by atoms with Crippen molar-refractivity contribution < 1.29 is 23.0 Å². The number of hydrogen-bond acceptors (Lipinski definition) is 4. The van der Waals surface area contributed by atoms with E-state index in [2.05, 4.69) is 0 Å². The molecule has 0 bridgehead atoms. The highest BCUT2D eigenvalue weighted by Gasteiger charge is 2.35. The van der Waals surface area contributed by atoms with Crippen molar-refractivity contribution in [3.05, 3.63) is 35.4 Å². The van der Waals surface area contributed by atoms with E-state index in [1.165, 1.54) is 18.2 Å². The van der Waals surface area contributed by atoms with Crippen LogP contribution in [0.4, 0.5) is 13.2 Å². The number of morpholine rings is 1. The van der Waals surface area contributed by atoms with Gasteiger partial charge in [-0.15, -0.1) is 0 Å². The summed E-state index contributed by atoms with van der Waals surface area (Å²) < 4.78 is 44.8. The van der Waals surface area contributed by atoms with E-state index in [0.717, 1.165) is 12.6 Å². The third-order valence-corrected chi connectivity index (χ3v) is 3.85. The summed E-state index contributed by atoms with van der Waals surface area (Å²) in [7, 11) is 3.88. The molecule has 1 saturated heterocycles. The number of β-amino-alcohol motifs (C(OH)–C–C–N with tert-alkyl or cyclic N) is 1. The van der Waals surface area contributed by atoms with Gasteiger partial charge in [-0.25, -0.2) is 0 Å². The zero-order valence-electron chi connectivity index (χ0n) is 13.4. The van der Waals surface area contributed by atoms with Crippen molar-refractivity contribution in [2.24, 2.45) is 0 Å². The quantitative estimate of drug-likeness (QED) is 0.895. The van der Waals surface area contributed by atoms with Gasteiger partial charge in [0.1, 0.15) is 0 Å². The lowest BCUT2D eigenvalue weighted by molar-refractivity contribution is -0.139. The van der Waals surface area contributed by atoms with Crippen LogP contribution in [0.25, 0.3) is 0 Å². The van der Waals surface area contributed by atoms with E-state index in [0.29, 0.717) is 19.7 Å². The van der Waals surface area contributed by atoms with Crippen LogP contribution in [0, 0.1) is 0 Å². The largest absolute Gasteiger partial charge is 0.416 e. The van der Waals surface area contributed by atoms with E-state index in [1.54, 1.807) is 0 Å². The number of rotatable bonds is 5. The number of aliphatic hydroxyl groups is 1. The van der Waals surface area contributed by atoms with Crippen molar-refractivity contribution in [3.8, 4) is 0 Å². The Morgan fingerprint density at radius 3 is 2.70 bits per heavy atom. The van der Waals surface area contributed by atoms with Crippen molar-refractivity contribution in [2.75, 3.05) is 46.9 Å². The molecule has 1 aliphatic rings. The Labute approximate surface area is 134 Å². The van der Waals surface area contributed by atoms with Crippen LogP contribution in [0.3, 0.4) is 0 Å². The number of likely N-dealkylation sites (N-methyl/N-ethyl adjacent to an activating group) is 1. The second kappa shape index (κ2) is 7.61. The Morgan fingerprint density at radius 2 is 2.04 bits per heavy atom. The summed E-state index contributed by atoms with van der Waals surface area (Å²) >= 11 is 0. The zero-order valence-corrected chi connectivity index (χ0v) is 13.4. The van der Waals surface area contributed by atoms with Crippen molar-refractivity contribution >= 4 is 0 Å². The van der Waals surface area contributed by atoms with Crippen molar-refractivity contribution in [1.29, 1.82) is 0 Å². The SMILES string of the molecule is CN(C)C[C@H]1CN(C[C@H](O)c2ccccc2C(F)(F)F)CCO1. The lowest BCUT2D eigenvalue weighted by Crippen LogP contribution is -2.47. The first-order valence-corrected chi connectivity index (χ1v) is 7.60. The predicted octanol–water partition coefficient (Wildman–Crippen LogP) is 2.00. The van der Waals surface area contributed by atoms with E-state index in [4.69, 9.17) is 4.74 Å². The molecule has 0 aromatic heterocycles. The molecule has 0 aliphatic carbocycles. The monoisotopic (exact) mass is 332 g/mol. The average Bonchev–Trinajstić information content (AvgIpc) is 2.46. The molecule has 2 atom stereocenters. The number of hydrogen-bond donors (Lipinski definition) is 1. The van der Waals surface area contributed by atoms with Crippen molar-refractivity contribution in [1.82, 2.24) is 9.80 Å². The molecule has 0 spiro atoms. The molecule has 23 heavy (non-hydrogen) atoms. The fraction of sp³-hybridized carbons (Fsp3) is 0.625. The maximum absolute atomic E-state index is 13.0. The fourth-order valence-corrected chi connectivity index (χ4v) is 2.85. The molecule has 1 aromatic rings. The normalized spacial score (nSPS) is 21.6. The maximum atomic E-state index is 13.0. The molecular weight excluding hydrogens is 309 g/mol. The van der Waals surface area contributed by atoms with E-state index >= 15 is 0 Å². The predicted molar refractivity (Wildman–Crippen MR) is 81.1 cm³/mol. The van der Waals surface area contributed by atoms with Crippen LogP contribution < -0.4 is 0 Å². The topological polar surface area (TPSA) is 35.9 Å². The van der Waals surface area contributed by atoms with Crippen molar-refractivity contribution in [3.63, 3.8) is 0 Å². The molecular formula is C16H23F3N2O2. The Kier molecular flexibility index (Phi) is 6.02. The molecule has 0 amide bonds. The minimum Gasteiger partial charge on any atom is -0.387 e. The van der Waals surface area contributed by atoms with Gasteiger partial charge in [0, 0.05) is 26.2 Å². The van der Waals surface area contributed by atoms with Gasteiger partial charge in [0.2, 0.25) is 0 Å². The number of ether oxygens (including phenoxy) is 1. The third-order valence-electron chi connectivity index (χ3n) is 3.85. The number of halogens is 3. The second-order valence-electron chi connectivity index (χ2n) is 6.12. The van der Waals surface area contributed by atoms with E-state index < -0.39 is 17.8 Å². The summed E-state index contributed by atoms with van der Waals surface area (Å²) in [5.41, 5.74) is -0.846. The maximum Gasteiger partial charge on any atom is 0.416 e. The van der Waals surface area contributed by atoms with Gasteiger partial charge < -0.3 is 14.7 Å². The first kappa shape index (κ1) is 18.2.